The van der Waals surface area contributed by atoms with Crippen LogP contribution in [0.5, 0.6) is 23.0 Å². The van der Waals surface area contributed by atoms with Gasteiger partial charge < -0.3 is 19.5 Å². The van der Waals surface area contributed by atoms with E-state index in [1.807, 2.05) is 66.9 Å². The third kappa shape index (κ3) is 4.75. The quantitative estimate of drug-likeness (QED) is 0.378. The molecule has 5 rings (SSSR count). The summed E-state index contributed by atoms with van der Waals surface area (Å²) in [5.41, 5.74) is 2.66. The van der Waals surface area contributed by atoms with Crippen LogP contribution < -0.4 is 24.4 Å². The lowest BCUT2D eigenvalue weighted by molar-refractivity contribution is 0.245. The van der Waals surface area contributed by atoms with E-state index in [-0.39, 0.29) is 12.1 Å². The molecule has 0 saturated carbocycles. The number of carbonyl (C=O) groups excluding carboxylic acids is 1. The molecule has 1 aromatic heterocycles. The third-order valence-electron chi connectivity index (χ3n) is 5.84. The van der Waals surface area contributed by atoms with Crippen LogP contribution >= 0.6 is 0 Å². The molecule has 35 heavy (non-hydrogen) atoms. The van der Waals surface area contributed by atoms with Gasteiger partial charge >= 0.3 is 6.03 Å². The van der Waals surface area contributed by atoms with E-state index in [0.717, 1.165) is 23.0 Å². The summed E-state index contributed by atoms with van der Waals surface area (Å²) in [4.78, 5) is 18.7. The highest BCUT2D eigenvalue weighted by Gasteiger charge is 2.21. The van der Waals surface area contributed by atoms with Gasteiger partial charge in [-0.25, -0.2) is 4.79 Å². The average Bonchev–Trinajstić information content (AvgIpc) is 2.89. The van der Waals surface area contributed by atoms with Gasteiger partial charge in [0.25, 0.3) is 0 Å². The second kappa shape index (κ2) is 9.77. The standard InChI is InChI=1S/C28H25N3O4/c1-33-26-17-23-24(18-27(26)34-2)29-14-12-25(23)35-22-10-8-21(9-11-22)31-15-13-20(30-28(31)32)16-19-6-4-3-5-7-19/h3-15,17-18,20H,16H2,1-2H3,(H,30,32). The number of amides is 2. The number of ether oxygens (including phenoxy) is 3. The number of carbonyl (C=O) groups is 1. The second-order valence-electron chi connectivity index (χ2n) is 8.09. The van der Waals surface area contributed by atoms with Gasteiger partial charge in [0.1, 0.15) is 11.5 Å². The number of fused-ring (bicyclic) bond motifs is 1. The van der Waals surface area contributed by atoms with Crippen LogP contribution in [0.1, 0.15) is 5.56 Å². The Morgan fingerprint density at radius 1 is 0.914 bits per heavy atom. The lowest BCUT2D eigenvalue weighted by Gasteiger charge is -2.27. The van der Waals surface area contributed by atoms with Gasteiger partial charge in [0.15, 0.2) is 11.5 Å². The van der Waals surface area contributed by atoms with Crippen LogP contribution in [0.25, 0.3) is 10.9 Å². The Bertz CT molecular complexity index is 1370. The first-order chi connectivity index (χ1) is 17.1. The van der Waals surface area contributed by atoms with E-state index in [9.17, 15) is 4.79 Å². The molecule has 7 nitrogen and oxygen atoms in total. The Labute approximate surface area is 203 Å². The average molecular weight is 468 g/mol. The van der Waals surface area contributed by atoms with Gasteiger partial charge in [0.2, 0.25) is 0 Å². The summed E-state index contributed by atoms with van der Waals surface area (Å²) in [6.07, 6.45) is 6.26. The zero-order valence-corrected chi connectivity index (χ0v) is 19.5. The van der Waals surface area contributed by atoms with Crippen LogP contribution in [-0.2, 0) is 6.42 Å². The predicted molar refractivity (Wildman–Crippen MR) is 135 cm³/mol. The Hall–Kier alpha value is -4.52. The van der Waals surface area contributed by atoms with Crippen molar-refractivity contribution in [3.05, 3.63) is 96.8 Å². The fourth-order valence-corrected chi connectivity index (χ4v) is 4.06. The van der Waals surface area contributed by atoms with Crippen molar-refractivity contribution in [2.24, 2.45) is 0 Å². The zero-order chi connectivity index (χ0) is 24.2. The highest BCUT2D eigenvalue weighted by Crippen LogP contribution is 2.37. The number of hydrogen-bond donors (Lipinski definition) is 1. The number of rotatable bonds is 7. The van der Waals surface area contributed by atoms with Crippen molar-refractivity contribution in [3.63, 3.8) is 0 Å². The van der Waals surface area contributed by atoms with Crippen molar-refractivity contribution in [2.75, 3.05) is 19.1 Å². The molecule has 0 bridgehead atoms. The first kappa shape index (κ1) is 22.3. The van der Waals surface area contributed by atoms with Crippen LogP contribution in [0.3, 0.4) is 0 Å². The molecule has 176 valence electrons. The van der Waals surface area contributed by atoms with E-state index in [2.05, 4.69) is 22.4 Å². The number of benzene rings is 3. The van der Waals surface area contributed by atoms with Gasteiger partial charge in [-0.15, -0.1) is 0 Å². The number of urea groups is 1. The van der Waals surface area contributed by atoms with Crippen molar-refractivity contribution >= 4 is 22.6 Å². The molecule has 3 aromatic carbocycles. The molecular formula is C28H25N3O4. The Kier molecular flexibility index (Phi) is 6.22. The maximum atomic E-state index is 12.7. The van der Waals surface area contributed by atoms with Gasteiger partial charge in [-0.2, -0.15) is 0 Å². The monoisotopic (exact) mass is 467 g/mol. The lowest BCUT2D eigenvalue weighted by atomic mass is 10.1. The van der Waals surface area contributed by atoms with Crippen molar-refractivity contribution in [3.8, 4) is 23.0 Å². The summed E-state index contributed by atoms with van der Waals surface area (Å²) < 4.78 is 16.9. The molecule has 1 atom stereocenters. The molecule has 2 heterocycles. The van der Waals surface area contributed by atoms with Crippen LogP contribution in [0.15, 0.2) is 91.3 Å². The van der Waals surface area contributed by atoms with E-state index in [0.29, 0.717) is 23.0 Å². The minimum absolute atomic E-state index is 0.0423. The Morgan fingerprint density at radius 2 is 1.66 bits per heavy atom. The van der Waals surface area contributed by atoms with Crippen LogP contribution in [-0.4, -0.2) is 31.3 Å². The van der Waals surface area contributed by atoms with Crippen LogP contribution in [0.4, 0.5) is 10.5 Å². The molecule has 1 N–H and O–H groups in total. The number of pyridine rings is 1. The molecule has 2 amide bonds. The van der Waals surface area contributed by atoms with Crippen LogP contribution in [0.2, 0.25) is 0 Å². The molecule has 1 aliphatic heterocycles. The Balaban J connectivity index is 1.32. The summed E-state index contributed by atoms with van der Waals surface area (Å²) in [6.45, 7) is 0. The van der Waals surface area contributed by atoms with Crippen molar-refractivity contribution in [2.45, 2.75) is 12.5 Å². The molecular weight excluding hydrogens is 442 g/mol. The smallest absolute Gasteiger partial charge is 0.326 e. The fourth-order valence-electron chi connectivity index (χ4n) is 4.06. The van der Waals surface area contributed by atoms with E-state index < -0.39 is 0 Å². The van der Waals surface area contributed by atoms with Gasteiger partial charge in [0.05, 0.1) is 31.5 Å². The van der Waals surface area contributed by atoms with Crippen LogP contribution in [0, 0.1) is 0 Å². The molecule has 4 aromatic rings. The van der Waals surface area contributed by atoms with Crippen molar-refractivity contribution < 1.29 is 19.0 Å². The maximum absolute atomic E-state index is 12.7. The van der Waals surface area contributed by atoms with Gasteiger partial charge in [-0.05, 0) is 54.5 Å². The first-order valence-corrected chi connectivity index (χ1v) is 11.3. The summed E-state index contributed by atoms with van der Waals surface area (Å²) >= 11 is 0. The third-order valence-corrected chi connectivity index (χ3v) is 5.84. The molecule has 0 radical (unpaired) electrons. The first-order valence-electron chi connectivity index (χ1n) is 11.3. The number of methoxy groups -OCH3 is 2. The summed E-state index contributed by atoms with van der Waals surface area (Å²) in [7, 11) is 3.18. The number of nitrogens with one attached hydrogen (secondary N) is 1. The fraction of sp³-hybridized carbons (Fsp3) is 0.143. The van der Waals surface area contributed by atoms with Gasteiger partial charge in [-0.1, -0.05) is 30.3 Å². The number of aromatic nitrogens is 1. The molecule has 1 unspecified atom stereocenters. The highest BCUT2D eigenvalue weighted by molar-refractivity contribution is 5.95. The van der Waals surface area contributed by atoms with E-state index in [1.165, 1.54) is 5.56 Å². The lowest BCUT2D eigenvalue weighted by Crippen LogP contribution is -2.46. The minimum Gasteiger partial charge on any atom is -0.493 e. The Morgan fingerprint density at radius 3 is 2.37 bits per heavy atom. The minimum atomic E-state index is -0.164. The highest BCUT2D eigenvalue weighted by atomic mass is 16.5. The van der Waals surface area contributed by atoms with E-state index in [1.54, 1.807) is 31.4 Å². The topological polar surface area (TPSA) is 72.9 Å². The predicted octanol–water partition coefficient (Wildman–Crippen LogP) is 5.70. The van der Waals surface area contributed by atoms with Gasteiger partial charge in [-0.3, -0.25) is 9.88 Å². The molecule has 0 spiro atoms. The molecule has 0 aliphatic carbocycles. The van der Waals surface area contributed by atoms with E-state index >= 15 is 0 Å². The molecule has 1 aliphatic rings. The van der Waals surface area contributed by atoms with Gasteiger partial charge in [0, 0.05) is 23.8 Å². The summed E-state index contributed by atoms with van der Waals surface area (Å²) in [5.74, 6) is 2.48. The van der Waals surface area contributed by atoms with Crippen molar-refractivity contribution in [1.29, 1.82) is 0 Å². The molecule has 7 heteroatoms. The number of anilines is 1. The largest absolute Gasteiger partial charge is 0.493 e. The zero-order valence-electron chi connectivity index (χ0n) is 19.5. The molecule has 0 saturated heterocycles. The number of hydrogen-bond acceptors (Lipinski definition) is 5. The molecule has 0 fully saturated rings. The SMILES string of the molecule is COc1cc2nccc(Oc3ccc(N4C=CC(Cc5ccccc5)NC4=O)cc3)c2cc1OC. The number of nitrogens with zero attached hydrogens (tertiary/aromatic N) is 2. The normalized spacial score (nSPS) is 15.1. The summed E-state index contributed by atoms with van der Waals surface area (Å²) in [5, 5.41) is 3.85. The summed E-state index contributed by atoms with van der Waals surface area (Å²) in [6, 6.07) is 22.7. The maximum Gasteiger partial charge on any atom is 0.326 e. The van der Waals surface area contributed by atoms with Crippen molar-refractivity contribution in [1.82, 2.24) is 10.3 Å². The second-order valence-corrected chi connectivity index (χ2v) is 8.09. The van der Waals surface area contributed by atoms with E-state index in [4.69, 9.17) is 14.2 Å².